The number of fused-ring (bicyclic) bond motifs is 1. The molecule has 4 N–H and O–H groups in total. The molecule has 1 aliphatic carbocycles. The minimum Gasteiger partial charge on any atom is -0.382 e. The van der Waals surface area contributed by atoms with Gasteiger partial charge in [0.25, 0.3) is 5.91 Å². The number of hydrogen-bond donors (Lipinski definition) is 3. The maximum absolute atomic E-state index is 12.4. The molecule has 0 spiro atoms. The number of aromatic nitrogens is 3. The van der Waals surface area contributed by atoms with Gasteiger partial charge in [0.05, 0.1) is 23.3 Å². The van der Waals surface area contributed by atoms with Gasteiger partial charge in [-0.1, -0.05) is 38.1 Å². The Hall–Kier alpha value is -4.20. The van der Waals surface area contributed by atoms with Crippen LogP contribution in [0.1, 0.15) is 47.4 Å². The molecule has 8 heteroatoms. The fourth-order valence-corrected chi connectivity index (χ4v) is 3.84. The lowest BCUT2D eigenvalue weighted by Gasteiger charge is -2.13. The monoisotopic (exact) mass is 468 g/mol. The summed E-state index contributed by atoms with van der Waals surface area (Å²) in [6.07, 6.45) is 3.90. The zero-order valence-electron chi connectivity index (χ0n) is 19.8. The van der Waals surface area contributed by atoms with E-state index >= 15 is 0 Å². The topological polar surface area (TPSA) is 114 Å². The third kappa shape index (κ3) is 4.87. The number of imidazole rings is 1. The number of carbonyl (C=O) groups is 2. The van der Waals surface area contributed by atoms with Crippen LogP contribution in [0.5, 0.6) is 0 Å². The van der Waals surface area contributed by atoms with E-state index in [4.69, 9.17) is 10.8 Å². The summed E-state index contributed by atoms with van der Waals surface area (Å²) in [6, 6.07) is 16.9. The molecule has 0 unspecified atom stereocenters. The summed E-state index contributed by atoms with van der Waals surface area (Å²) in [6.45, 7) is 5.08. The average Bonchev–Trinajstić information content (AvgIpc) is 3.57. The SMILES string of the molecule is CC(C)CNc1cc(-c2ccc(C(N)=O)cc2)nn2c(-c3ccc(C(=O)NC4CC4)cc3)cnc12. The third-order valence-electron chi connectivity index (χ3n) is 5.99. The third-order valence-corrected chi connectivity index (χ3v) is 5.99. The molecule has 0 aliphatic heterocycles. The van der Waals surface area contributed by atoms with Gasteiger partial charge < -0.3 is 16.4 Å². The number of anilines is 1. The number of benzene rings is 2. The lowest BCUT2D eigenvalue weighted by molar-refractivity contribution is 0.0949. The molecule has 0 atom stereocenters. The van der Waals surface area contributed by atoms with Crippen LogP contribution in [0.25, 0.3) is 28.2 Å². The van der Waals surface area contributed by atoms with Gasteiger partial charge in [-0.05, 0) is 49.1 Å². The maximum Gasteiger partial charge on any atom is 0.251 e. The lowest BCUT2D eigenvalue weighted by Crippen LogP contribution is -2.25. The number of hydrogen-bond acceptors (Lipinski definition) is 5. The molecule has 8 nitrogen and oxygen atoms in total. The standard InChI is InChI=1S/C27H28N6O2/c1-16(2)14-29-23-13-22(17-3-7-19(8-4-17)25(28)34)32-33-24(15-30-26(23)33)18-5-9-20(10-6-18)27(35)31-21-11-12-21/h3-10,13,15-16,21,29H,11-12,14H2,1-2H3,(H2,28,34)(H,31,35). The van der Waals surface area contributed by atoms with Crippen LogP contribution in [-0.2, 0) is 0 Å². The number of rotatable bonds is 8. The Kier molecular flexibility index (Phi) is 5.94. The molecule has 2 aromatic carbocycles. The predicted molar refractivity (Wildman–Crippen MR) is 136 cm³/mol. The first-order valence-electron chi connectivity index (χ1n) is 11.8. The lowest BCUT2D eigenvalue weighted by atomic mass is 10.1. The molecule has 2 aromatic heterocycles. The molecule has 0 radical (unpaired) electrons. The normalized spacial score (nSPS) is 13.2. The highest BCUT2D eigenvalue weighted by Gasteiger charge is 2.24. The van der Waals surface area contributed by atoms with E-state index in [0.29, 0.717) is 28.7 Å². The first-order valence-corrected chi connectivity index (χ1v) is 11.8. The van der Waals surface area contributed by atoms with Crippen molar-refractivity contribution >= 4 is 23.1 Å². The Labute approximate surface area is 203 Å². The Morgan fingerprint density at radius 2 is 1.69 bits per heavy atom. The summed E-state index contributed by atoms with van der Waals surface area (Å²) < 4.78 is 1.82. The summed E-state index contributed by atoms with van der Waals surface area (Å²) in [5.41, 5.74) is 11.4. The van der Waals surface area contributed by atoms with Crippen LogP contribution in [0, 0.1) is 5.92 Å². The number of primary amides is 1. The second-order valence-electron chi connectivity index (χ2n) is 9.36. The highest BCUT2D eigenvalue weighted by Crippen LogP contribution is 2.29. The van der Waals surface area contributed by atoms with Crippen LogP contribution in [0.4, 0.5) is 5.69 Å². The van der Waals surface area contributed by atoms with Gasteiger partial charge in [0.1, 0.15) is 0 Å². The molecule has 1 aliphatic rings. The van der Waals surface area contributed by atoms with Gasteiger partial charge in [0.2, 0.25) is 5.91 Å². The van der Waals surface area contributed by atoms with Gasteiger partial charge in [-0.25, -0.2) is 9.50 Å². The van der Waals surface area contributed by atoms with Crippen LogP contribution in [-0.4, -0.2) is 39.0 Å². The van der Waals surface area contributed by atoms with E-state index in [0.717, 1.165) is 47.6 Å². The molecule has 35 heavy (non-hydrogen) atoms. The molecular weight excluding hydrogens is 440 g/mol. The van der Waals surface area contributed by atoms with Crippen LogP contribution in [0.3, 0.4) is 0 Å². The second-order valence-corrected chi connectivity index (χ2v) is 9.36. The number of nitrogens with two attached hydrogens (primary N) is 1. The fourth-order valence-electron chi connectivity index (χ4n) is 3.84. The van der Waals surface area contributed by atoms with E-state index < -0.39 is 5.91 Å². The summed E-state index contributed by atoms with van der Waals surface area (Å²) in [4.78, 5) is 28.5. The Morgan fingerprint density at radius 3 is 2.31 bits per heavy atom. The van der Waals surface area contributed by atoms with Crippen molar-refractivity contribution in [3.63, 3.8) is 0 Å². The number of amides is 2. The Bertz CT molecular complexity index is 1390. The second kappa shape index (κ2) is 9.21. The number of nitrogens with zero attached hydrogens (tertiary/aromatic N) is 3. The van der Waals surface area contributed by atoms with Crippen LogP contribution >= 0.6 is 0 Å². The van der Waals surface area contributed by atoms with E-state index in [-0.39, 0.29) is 5.91 Å². The van der Waals surface area contributed by atoms with Crippen LogP contribution in [0.15, 0.2) is 60.8 Å². The molecule has 0 bridgehead atoms. The molecule has 4 aromatic rings. The molecular formula is C27H28N6O2. The van der Waals surface area contributed by atoms with Crippen molar-refractivity contribution in [3.8, 4) is 22.5 Å². The summed E-state index contributed by atoms with van der Waals surface area (Å²) in [5, 5.41) is 11.4. The van der Waals surface area contributed by atoms with Crippen LogP contribution < -0.4 is 16.4 Å². The molecule has 0 saturated heterocycles. The Balaban J connectivity index is 1.54. The Morgan fingerprint density at radius 1 is 1.03 bits per heavy atom. The van der Waals surface area contributed by atoms with Crippen LogP contribution in [0.2, 0.25) is 0 Å². The summed E-state index contributed by atoms with van der Waals surface area (Å²) in [7, 11) is 0. The van der Waals surface area contributed by atoms with Gasteiger partial charge in [-0.2, -0.15) is 5.10 Å². The summed E-state index contributed by atoms with van der Waals surface area (Å²) >= 11 is 0. The maximum atomic E-state index is 12.4. The number of nitrogens with one attached hydrogen (secondary N) is 2. The predicted octanol–water partition coefficient (Wildman–Crippen LogP) is 4.12. The van der Waals surface area contributed by atoms with E-state index in [1.54, 1.807) is 18.3 Å². The van der Waals surface area contributed by atoms with Crippen molar-refractivity contribution in [2.75, 3.05) is 11.9 Å². The molecule has 5 rings (SSSR count). The van der Waals surface area contributed by atoms with Crippen molar-refractivity contribution in [1.82, 2.24) is 19.9 Å². The minimum atomic E-state index is -0.467. The van der Waals surface area contributed by atoms with E-state index in [9.17, 15) is 9.59 Å². The smallest absolute Gasteiger partial charge is 0.251 e. The zero-order valence-corrected chi connectivity index (χ0v) is 19.8. The van der Waals surface area contributed by atoms with Gasteiger partial charge in [0.15, 0.2) is 5.65 Å². The fraction of sp³-hybridized carbons (Fsp3) is 0.259. The molecule has 1 saturated carbocycles. The van der Waals surface area contributed by atoms with E-state index in [1.165, 1.54) is 0 Å². The van der Waals surface area contributed by atoms with Crippen molar-refractivity contribution in [2.24, 2.45) is 11.7 Å². The minimum absolute atomic E-state index is 0.0443. The number of carbonyl (C=O) groups excluding carboxylic acids is 2. The first-order chi connectivity index (χ1) is 16.9. The quantitative estimate of drug-likeness (QED) is 0.360. The van der Waals surface area contributed by atoms with Gasteiger partial charge >= 0.3 is 0 Å². The van der Waals surface area contributed by atoms with Crippen molar-refractivity contribution in [2.45, 2.75) is 32.7 Å². The largest absolute Gasteiger partial charge is 0.382 e. The first kappa shape index (κ1) is 22.6. The molecule has 2 heterocycles. The van der Waals surface area contributed by atoms with Gasteiger partial charge in [-0.3, -0.25) is 9.59 Å². The van der Waals surface area contributed by atoms with Crippen molar-refractivity contribution in [3.05, 3.63) is 71.9 Å². The zero-order chi connectivity index (χ0) is 24.5. The van der Waals surface area contributed by atoms with Crippen molar-refractivity contribution < 1.29 is 9.59 Å². The average molecular weight is 469 g/mol. The van der Waals surface area contributed by atoms with Crippen molar-refractivity contribution in [1.29, 1.82) is 0 Å². The highest BCUT2D eigenvalue weighted by molar-refractivity contribution is 5.95. The molecule has 1 fully saturated rings. The van der Waals surface area contributed by atoms with Gasteiger partial charge in [-0.15, -0.1) is 0 Å². The van der Waals surface area contributed by atoms with Gasteiger partial charge in [0, 0.05) is 34.8 Å². The summed E-state index contributed by atoms with van der Waals surface area (Å²) in [5.74, 6) is -0.0622. The molecule has 2 amide bonds. The van der Waals surface area contributed by atoms with E-state index in [2.05, 4.69) is 29.5 Å². The van der Waals surface area contributed by atoms with E-state index in [1.807, 2.05) is 47.0 Å². The highest BCUT2D eigenvalue weighted by atomic mass is 16.2. The molecule has 178 valence electrons.